The molecule has 2 aromatic heterocycles. The lowest BCUT2D eigenvalue weighted by atomic mass is 10.1. The van der Waals surface area contributed by atoms with Gasteiger partial charge in [0, 0.05) is 24.5 Å². The van der Waals surface area contributed by atoms with Crippen molar-refractivity contribution in [1.29, 1.82) is 0 Å². The van der Waals surface area contributed by atoms with E-state index in [1.165, 1.54) is 16.7 Å². The van der Waals surface area contributed by atoms with Crippen LogP contribution < -0.4 is 5.32 Å². The number of aryl methyl sites for hydroxylation is 2. The van der Waals surface area contributed by atoms with Gasteiger partial charge in [-0.05, 0) is 25.8 Å². The summed E-state index contributed by atoms with van der Waals surface area (Å²) in [4.78, 5) is 26.5. The summed E-state index contributed by atoms with van der Waals surface area (Å²) in [7, 11) is 1.88. The maximum absolute atomic E-state index is 11.9. The van der Waals surface area contributed by atoms with Crippen LogP contribution in [0, 0.1) is 13.8 Å². The highest BCUT2D eigenvalue weighted by molar-refractivity contribution is 7.09. The van der Waals surface area contributed by atoms with Gasteiger partial charge in [0.05, 0.1) is 12.2 Å². The van der Waals surface area contributed by atoms with E-state index < -0.39 is 5.97 Å². The fourth-order valence-corrected chi connectivity index (χ4v) is 2.88. The first-order valence-corrected chi connectivity index (χ1v) is 7.70. The summed E-state index contributed by atoms with van der Waals surface area (Å²) in [6.07, 6.45) is 1.00. The molecule has 0 aliphatic heterocycles. The molecule has 2 rings (SSSR count). The van der Waals surface area contributed by atoms with Crippen molar-refractivity contribution in [2.45, 2.75) is 33.2 Å². The van der Waals surface area contributed by atoms with Crippen LogP contribution >= 0.6 is 11.3 Å². The number of carboxylic acid groups (broad SMARTS) is 1. The molecule has 22 heavy (non-hydrogen) atoms. The standard InChI is InChI=1S/C14H18N4O3S/c1-8-10(9(2)18(3)17-8)4-5-12(19)15-6-13-16-11(7-22-13)14(20)21/h7H,4-6H2,1-3H3,(H,15,19)(H,20,21). The van der Waals surface area contributed by atoms with Gasteiger partial charge >= 0.3 is 5.97 Å². The normalized spacial score (nSPS) is 10.7. The fraction of sp³-hybridized carbons (Fsp3) is 0.429. The molecule has 0 bridgehead atoms. The Bertz CT molecular complexity index is 705. The van der Waals surface area contributed by atoms with Crippen molar-refractivity contribution < 1.29 is 14.7 Å². The molecular weight excluding hydrogens is 304 g/mol. The molecule has 0 aromatic carbocycles. The van der Waals surface area contributed by atoms with Gasteiger partial charge in [-0.15, -0.1) is 11.3 Å². The zero-order chi connectivity index (χ0) is 16.3. The van der Waals surface area contributed by atoms with Crippen molar-refractivity contribution >= 4 is 23.2 Å². The third-order valence-corrected chi connectivity index (χ3v) is 4.32. The Morgan fingerprint density at radius 2 is 2.14 bits per heavy atom. The summed E-state index contributed by atoms with van der Waals surface area (Å²) >= 11 is 1.22. The summed E-state index contributed by atoms with van der Waals surface area (Å²) in [5.74, 6) is -1.15. The second kappa shape index (κ2) is 6.69. The fourth-order valence-electron chi connectivity index (χ4n) is 2.17. The Morgan fingerprint density at radius 1 is 1.41 bits per heavy atom. The lowest BCUT2D eigenvalue weighted by Gasteiger charge is -2.04. The molecule has 0 spiro atoms. The summed E-state index contributed by atoms with van der Waals surface area (Å²) in [5.41, 5.74) is 3.12. The average molecular weight is 322 g/mol. The molecule has 0 saturated carbocycles. The van der Waals surface area contributed by atoms with Gasteiger partial charge in [-0.1, -0.05) is 0 Å². The number of carbonyl (C=O) groups is 2. The Kier molecular flexibility index (Phi) is 4.92. The minimum Gasteiger partial charge on any atom is -0.476 e. The van der Waals surface area contributed by atoms with Gasteiger partial charge in [-0.25, -0.2) is 9.78 Å². The van der Waals surface area contributed by atoms with Gasteiger partial charge in [0.25, 0.3) is 0 Å². The van der Waals surface area contributed by atoms with E-state index in [-0.39, 0.29) is 18.1 Å². The number of hydrogen-bond acceptors (Lipinski definition) is 5. The SMILES string of the molecule is Cc1nn(C)c(C)c1CCC(=O)NCc1nc(C(=O)O)cs1. The van der Waals surface area contributed by atoms with Crippen LogP contribution in [0.2, 0.25) is 0 Å². The molecule has 118 valence electrons. The second-order valence-electron chi connectivity index (χ2n) is 4.98. The van der Waals surface area contributed by atoms with Gasteiger partial charge in [-0.3, -0.25) is 9.48 Å². The Morgan fingerprint density at radius 3 is 2.68 bits per heavy atom. The Balaban J connectivity index is 1.84. The molecule has 0 aliphatic rings. The predicted molar refractivity (Wildman–Crippen MR) is 81.9 cm³/mol. The highest BCUT2D eigenvalue weighted by Gasteiger charge is 2.12. The molecule has 2 aromatic rings. The van der Waals surface area contributed by atoms with Crippen LogP contribution in [0.1, 0.15) is 38.9 Å². The zero-order valence-corrected chi connectivity index (χ0v) is 13.5. The van der Waals surface area contributed by atoms with E-state index in [9.17, 15) is 9.59 Å². The van der Waals surface area contributed by atoms with E-state index in [1.807, 2.05) is 25.6 Å². The lowest BCUT2D eigenvalue weighted by molar-refractivity contribution is -0.121. The number of aromatic carboxylic acids is 1. The van der Waals surface area contributed by atoms with E-state index in [0.717, 1.165) is 17.0 Å². The number of amides is 1. The summed E-state index contributed by atoms with van der Waals surface area (Å²) in [6, 6.07) is 0. The molecule has 2 N–H and O–H groups in total. The number of rotatable bonds is 6. The van der Waals surface area contributed by atoms with Crippen LogP contribution in [0.4, 0.5) is 0 Å². The molecule has 8 heteroatoms. The number of carboxylic acids is 1. The molecule has 0 aliphatic carbocycles. The van der Waals surface area contributed by atoms with Crippen LogP contribution in [0.3, 0.4) is 0 Å². The van der Waals surface area contributed by atoms with Crippen molar-refractivity contribution in [3.8, 4) is 0 Å². The summed E-state index contributed by atoms with van der Waals surface area (Å²) in [6.45, 7) is 4.17. The topological polar surface area (TPSA) is 97.1 Å². The van der Waals surface area contributed by atoms with Crippen LogP contribution in [0.25, 0.3) is 0 Å². The van der Waals surface area contributed by atoms with Crippen molar-refractivity contribution in [3.63, 3.8) is 0 Å². The average Bonchev–Trinajstić information content (AvgIpc) is 3.02. The Labute approximate surface area is 132 Å². The number of aromatic nitrogens is 3. The minimum absolute atomic E-state index is 0.0101. The highest BCUT2D eigenvalue weighted by Crippen LogP contribution is 2.14. The summed E-state index contributed by atoms with van der Waals surface area (Å²) in [5, 5.41) is 17.9. The van der Waals surface area contributed by atoms with Gasteiger partial charge in [-0.2, -0.15) is 5.10 Å². The first-order valence-electron chi connectivity index (χ1n) is 6.82. The third-order valence-electron chi connectivity index (χ3n) is 3.47. The first kappa shape index (κ1) is 16.2. The van der Waals surface area contributed by atoms with Crippen LogP contribution in [0.5, 0.6) is 0 Å². The number of hydrogen-bond donors (Lipinski definition) is 2. The number of carbonyl (C=O) groups excluding carboxylic acids is 1. The highest BCUT2D eigenvalue weighted by atomic mass is 32.1. The van der Waals surface area contributed by atoms with E-state index in [4.69, 9.17) is 5.11 Å². The second-order valence-corrected chi connectivity index (χ2v) is 5.92. The van der Waals surface area contributed by atoms with Crippen molar-refractivity contribution in [3.05, 3.63) is 33.0 Å². The van der Waals surface area contributed by atoms with E-state index in [1.54, 1.807) is 0 Å². The minimum atomic E-state index is -1.06. The lowest BCUT2D eigenvalue weighted by Crippen LogP contribution is -2.23. The van der Waals surface area contributed by atoms with Gasteiger partial charge in [0.2, 0.25) is 5.91 Å². The number of nitrogens with one attached hydrogen (secondary N) is 1. The number of thiazole rings is 1. The van der Waals surface area contributed by atoms with Crippen molar-refractivity contribution in [2.75, 3.05) is 0 Å². The molecule has 0 fully saturated rings. The monoisotopic (exact) mass is 322 g/mol. The van der Waals surface area contributed by atoms with Crippen molar-refractivity contribution in [2.24, 2.45) is 7.05 Å². The van der Waals surface area contributed by atoms with E-state index in [2.05, 4.69) is 15.4 Å². The summed E-state index contributed by atoms with van der Waals surface area (Å²) < 4.78 is 1.81. The van der Waals surface area contributed by atoms with Crippen LogP contribution in [-0.2, 0) is 24.8 Å². The van der Waals surface area contributed by atoms with Crippen LogP contribution in [0.15, 0.2) is 5.38 Å². The van der Waals surface area contributed by atoms with E-state index >= 15 is 0 Å². The smallest absolute Gasteiger partial charge is 0.355 e. The molecule has 0 atom stereocenters. The molecule has 0 radical (unpaired) electrons. The van der Waals surface area contributed by atoms with Crippen molar-refractivity contribution in [1.82, 2.24) is 20.1 Å². The third kappa shape index (κ3) is 3.70. The predicted octanol–water partition coefficient (Wildman–Crippen LogP) is 1.44. The van der Waals surface area contributed by atoms with Crippen LogP contribution in [-0.4, -0.2) is 31.7 Å². The molecule has 7 nitrogen and oxygen atoms in total. The number of nitrogens with zero attached hydrogens (tertiary/aromatic N) is 3. The van der Waals surface area contributed by atoms with E-state index in [0.29, 0.717) is 17.8 Å². The molecule has 0 saturated heterocycles. The van der Waals surface area contributed by atoms with Gasteiger partial charge in [0.15, 0.2) is 5.69 Å². The van der Waals surface area contributed by atoms with Gasteiger partial charge < -0.3 is 10.4 Å². The molecular formula is C14H18N4O3S. The van der Waals surface area contributed by atoms with Gasteiger partial charge in [0.1, 0.15) is 5.01 Å². The molecule has 0 unspecified atom stereocenters. The molecule has 2 heterocycles. The first-order chi connectivity index (χ1) is 10.4. The largest absolute Gasteiger partial charge is 0.476 e. The maximum Gasteiger partial charge on any atom is 0.355 e. The zero-order valence-electron chi connectivity index (χ0n) is 12.7. The Hall–Kier alpha value is -2.22. The molecule has 1 amide bonds. The maximum atomic E-state index is 11.9. The quantitative estimate of drug-likeness (QED) is 0.839.